The van der Waals surface area contributed by atoms with Gasteiger partial charge < -0.3 is 5.32 Å². The van der Waals surface area contributed by atoms with Crippen LogP contribution in [0.15, 0.2) is 13.7 Å². The van der Waals surface area contributed by atoms with Crippen LogP contribution in [0.1, 0.15) is 11.3 Å². The molecule has 2 aromatic rings. The summed E-state index contributed by atoms with van der Waals surface area (Å²) in [5.41, 5.74) is 2.29. The summed E-state index contributed by atoms with van der Waals surface area (Å²) in [6.45, 7) is 2.85. The van der Waals surface area contributed by atoms with Gasteiger partial charge in [-0.1, -0.05) is 23.1 Å². The first-order chi connectivity index (χ1) is 8.65. The van der Waals surface area contributed by atoms with E-state index in [0.717, 1.165) is 25.9 Å². The van der Waals surface area contributed by atoms with Crippen LogP contribution in [0.25, 0.3) is 0 Å². The van der Waals surface area contributed by atoms with Gasteiger partial charge in [0.15, 0.2) is 8.68 Å². The molecule has 18 heavy (non-hydrogen) atoms. The number of aromatic nitrogens is 4. The van der Waals surface area contributed by atoms with E-state index in [-0.39, 0.29) is 0 Å². The molecule has 0 aliphatic rings. The minimum Gasteiger partial charge on any atom is -0.316 e. The quantitative estimate of drug-likeness (QED) is 0.854. The van der Waals surface area contributed by atoms with Gasteiger partial charge in [-0.2, -0.15) is 5.10 Å². The van der Waals surface area contributed by atoms with Crippen LogP contribution >= 0.6 is 34.9 Å². The van der Waals surface area contributed by atoms with Crippen molar-refractivity contribution >= 4 is 34.9 Å². The molecule has 0 radical (unpaired) electrons. The highest BCUT2D eigenvalue weighted by atomic mass is 32.2. The van der Waals surface area contributed by atoms with E-state index in [1.807, 2.05) is 32.0 Å². The molecule has 0 amide bonds. The maximum Gasteiger partial charge on any atom is 0.181 e. The van der Waals surface area contributed by atoms with Crippen LogP contribution in [0.2, 0.25) is 0 Å². The van der Waals surface area contributed by atoms with Crippen LogP contribution < -0.4 is 5.32 Å². The second-order valence-corrected chi connectivity index (χ2v) is 6.93. The van der Waals surface area contributed by atoms with Gasteiger partial charge in [0.2, 0.25) is 0 Å². The molecule has 5 nitrogen and oxygen atoms in total. The molecule has 0 aromatic carbocycles. The van der Waals surface area contributed by atoms with E-state index in [4.69, 9.17) is 0 Å². The van der Waals surface area contributed by atoms with E-state index in [0.29, 0.717) is 0 Å². The lowest BCUT2D eigenvalue weighted by Crippen LogP contribution is -2.06. The lowest BCUT2D eigenvalue weighted by molar-refractivity contribution is 0.683. The fraction of sp³-hybridized carbons (Fsp3) is 0.500. The molecule has 2 heterocycles. The van der Waals surface area contributed by atoms with Gasteiger partial charge in [0.05, 0.1) is 5.69 Å². The SMILES string of the molecule is CNCc1c(C)nn(C)c1Sc1nnc(SC)s1. The minimum absolute atomic E-state index is 0.816. The van der Waals surface area contributed by atoms with Gasteiger partial charge in [-0.25, -0.2) is 0 Å². The summed E-state index contributed by atoms with van der Waals surface area (Å²) < 4.78 is 3.86. The molecular formula is C10H15N5S3. The average Bonchev–Trinajstić information content (AvgIpc) is 2.89. The third kappa shape index (κ3) is 2.87. The van der Waals surface area contributed by atoms with Crippen LogP contribution in [-0.4, -0.2) is 33.3 Å². The van der Waals surface area contributed by atoms with Crippen LogP contribution in [0.3, 0.4) is 0 Å². The highest BCUT2D eigenvalue weighted by Gasteiger charge is 2.16. The van der Waals surface area contributed by atoms with Crippen LogP contribution in [0.5, 0.6) is 0 Å². The normalized spacial score (nSPS) is 11.1. The van der Waals surface area contributed by atoms with Crippen LogP contribution in [-0.2, 0) is 13.6 Å². The zero-order valence-electron chi connectivity index (χ0n) is 10.7. The zero-order valence-corrected chi connectivity index (χ0v) is 13.2. The van der Waals surface area contributed by atoms with Crippen LogP contribution in [0.4, 0.5) is 0 Å². The highest BCUT2D eigenvalue weighted by Crippen LogP contribution is 2.35. The Morgan fingerprint density at radius 2 is 2.06 bits per heavy atom. The van der Waals surface area contributed by atoms with Crippen molar-refractivity contribution in [3.05, 3.63) is 11.3 Å². The highest BCUT2D eigenvalue weighted by molar-refractivity contribution is 8.03. The number of hydrogen-bond acceptors (Lipinski definition) is 7. The Morgan fingerprint density at radius 3 is 2.67 bits per heavy atom. The predicted molar refractivity (Wildman–Crippen MR) is 76.5 cm³/mol. The topological polar surface area (TPSA) is 55.6 Å². The van der Waals surface area contributed by atoms with E-state index >= 15 is 0 Å². The molecule has 0 atom stereocenters. The van der Waals surface area contributed by atoms with Crippen molar-refractivity contribution in [2.75, 3.05) is 13.3 Å². The van der Waals surface area contributed by atoms with Crippen molar-refractivity contribution in [3.8, 4) is 0 Å². The Labute approximate surface area is 119 Å². The first-order valence-electron chi connectivity index (χ1n) is 5.38. The second-order valence-electron chi connectivity index (χ2n) is 3.66. The molecule has 2 rings (SSSR count). The molecule has 0 fully saturated rings. The van der Waals surface area contributed by atoms with E-state index in [1.54, 1.807) is 34.9 Å². The van der Waals surface area contributed by atoms with Crippen molar-refractivity contribution in [2.24, 2.45) is 7.05 Å². The first-order valence-corrected chi connectivity index (χ1v) is 8.24. The summed E-state index contributed by atoms with van der Waals surface area (Å²) in [7, 11) is 3.91. The van der Waals surface area contributed by atoms with Gasteiger partial charge >= 0.3 is 0 Å². The summed E-state index contributed by atoms with van der Waals surface area (Å²) in [5, 5.41) is 17.1. The Bertz CT molecular complexity index is 534. The smallest absolute Gasteiger partial charge is 0.181 e. The number of thioether (sulfide) groups is 1. The van der Waals surface area contributed by atoms with Gasteiger partial charge in [0, 0.05) is 19.2 Å². The zero-order chi connectivity index (χ0) is 13.1. The molecule has 0 spiro atoms. The monoisotopic (exact) mass is 301 g/mol. The fourth-order valence-corrected chi connectivity index (χ4v) is 4.16. The molecule has 0 unspecified atom stereocenters. The lowest BCUT2D eigenvalue weighted by Gasteiger charge is -2.03. The maximum atomic E-state index is 4.46. The molecule has 0 saturated heterocycles. The number of nitrogens with one attached hydrogen (secondary N) is 1. The fourth-order valence-electron chi connectivity index (χ4n) is 1.59. The molecular weight excluding hydrogens is 286 g/mol. The minimum atomic E-state index is 0.816. The third-order valence-corrected chi connectivity index (χ3v) is 5.54. The summed E-state index contributed by atoms with van der Waals surface area (Å²) >= 11 is 4.87. The summed E-state index contributed by atoms with van der Waals surface area (Å²) in [6, 6.07) is 0. The Morgan fingerprint density at radius 1 is 1.33 bits per heavy atom. The van der Waals surface area contributed by atoms with Gasteiger partial charge in [0.25, 0.3) is 0 Å². The van der Waals surface area contributed by atoms with Crippen molar-refractivity contribution in [1.82, 2.24) is 25.3 Å². The molecule has 1 N–H and O–H groups in total. The molecule has 0 aliphatic carbocycles. The van der Waals surface area contributed by atoms with Gasteiger partial charge in [0.1, 0.15) is 5.03 Å². The lowest BCUT2D eigenvalue weighted by atomic mass is 10.3. The van der Waals surface area contributed by atoms with E-state index in [9.17, 15) is 0 Å². The molecule has 0 saturated carbocycles. The standard InChI is InChI=1S/C10H15N5S3/c1-6-7(5-11-2)8(15(3)14-6)17-10-13-12-9(16-4)18-10/h11H,5H2,1-4H3. The number of hydrogen-bond donors (Lipinski definition) is 1. The first kappa shape index (κ1) is 13.9. The number of rotatable bonds is 5. The van der Waals surface area contributed by atoms with Crippen molar-refractivity contribution in [2.45, 2.75) is 27.2 Å². The predicted octanol–water partition coefficient (Wildman–Crippen LogP) is 2.17. The van der Waals surface area contributed by atoms with Crippen LogP contribution in [0, 0.1) is 6.92 Å². The van der Waals surface area contributed by atoms with Crippen molar-refractivity contribution in [1.29, 1.82) is 0 Å². The van der Waals surface area contributed by atoms with Gasteiger partial charge in [-0.15, -0.1) is 10.2 Å². The number of nitrogens with zero attached hydrogens (tertiary/aromatic N) is 4. The molecule has 0 bridgehead atoms. The summed E-state index contributed by atoms with van der Waals surface area (Å²) in [5.74, 6) is 0. The average molecular weight is 301 g/mol. The van der Waals surface area contributed by atoms with E-state index in [2.05, 4.69) is 20.6 Å². The van der Waals surface area contributed by atoms with Crippen molar-refractivity contribution < 1.29 is 0 Å². The van der Waals surface area contributed by atoms with Crippen molar-refractivity contribution in [3.63, 3.8) is 0 Å². The molecule has 98 valence electrons. The molecule has 2 aromatic heterocycles. The summed E-state index contributed by atoms with van der Waals surface area (Å²) in [4.78, 5) is 0. The summed E-state index contributed by atoms with van der Waals surface area (Å²) in [6.07, 6.45) is 2.01. The number of aryl methyl sites for hydroxylation is 2. The molecule has 0 aliphatic heterocycles. The molecule has 8 heteroatoms. The Hall–Kier alpha value is -0.570. The van der Waals surface area contributed by atoms with E-state index < -0.39 is 0 Å². The van der Waals surface area contributed by atoms with Gasteiger partial charge in [-0.3, -0.25) is 4.68 Å². The largest absolute Gasteiger partial charge is 0.316 e. The maximum absolute atomic E-state index is 4.46. The Balaban J connectivity index is 2.27. The Kier molecular flexibility index (Phi) is 4.66. The second kappa shape index (κ2) is 6.05. The van der Waals surface area contributed by atoms with Gasteiger partial charge in [-0.05, 0) is 32.0 Å². The van der Waals surface area contributed by atoms with E-state index in [1.165, 1.54) is 5.56 Å². The third-order valence-electron chi connectivity index (χ3n) is 2.39.